The molecule has 2 aromatic carbocycles. The lowest BCUT2D eigenvalue weighted by atomic mass is 10.0. The minimum Gasteiger partial charge on any atom is -0.455 e. The first-order chi connectivity index (χ1) is 13.7. The summed E-state index contributed by atoms with van der Waals surface area (Å²) in [6.45, 7) is 0.128. The maximum Gasteiger partial charge on any atom is 0.198 e. The molecule has 0 amide bonds. The van der Waals surface area contributed by atoms with Crippen LogP contribution in [-0.2, 0) is 6.54 Å². The highest BCUT2D eigenvalue weighted by atomic mass is 16.3. The SMILES string of the molecule is N#Cc1cncnc1NCc1c(-c2ccccc2)oc2ccc(N)cc2c1=O. The molecule has 7 nitrogen and oxygen atoms in total. The lowest BCUT2D eigenvalue weighted by molar-refractivity contribution is 0.611. The van der Waals surface area contributed by atoms with Crippen LogP contribution >= 0.6 is 0 Å². The van der Waals surface area contributed by atoms with E-state index in [9.17, 15) is 10.1 Å². The molecule has 0 aliphatic heterocycles. The monoisotopic (exact) mass is 369 g/mol. The molecular formula is C21H15N5O2. The molecule has 4 rings (SSSR count). The van der Waals surface area contributed by atoms with Crippen molar-refractivity contribution in [3.8, 4) is 17.4 Å². The number of benzene rings is 2. The van der Waals surface area contributed by atoms with Crippen molar-refractivity contribution >= 4 is 22.5 Å². The number of hydrogen-bond acceptors (Lipinski definition) is 7. The fourth-order valence-corrected chi connectivity index (χ4v) is 2.96. The first-order valence-electron chi connectivity index (χ1n) is 8.52. The Morgan fingerprint density at radius 2 is 2.00 bits per heavy atom. The Kier molecular flexibility index (Phi) is 4.44. The maximum atomic E-state index is 13.2. The molecule has 0 unspecified atom stereocenters. The molecule has 2 aromatic heterocycles. The highest BCUT2D eigenvalue weighted by Crippen LogP contribution is 2.27. The van der Waals surface area contributed by atoms with Gasteiger partial charge in [0.2, 0.25) is 0 Å². The van der Waals surface area contributed by atoms with E-state index in [1.54, 1.807) is 18.2 Å². The number of hydrogen-bond donors (Lipinski definition) is 2. The zero-order valence-electron chi connectivity index (χ0n) is 14.7. The Morgan fingerprint density at radius 3 is 2.79 bits per heavy atom. The van der Waals surface area contributed by atoms with Gasteiger partial charge in [-0.3, -0.25) is 4.79 Å². The molecule has 136 valence electrons. The van der Waals surface area contributed by atoms with Crippen molar-refractivity contribution in [2.75, 3.05) is 11.1 Å². The zero-order valence-corrected chi connectivity index (χ0v) is 14.7. The first-order valence-corrected chi connectivity index (χ1v) is 8.52. The topological polar surface area (TPSA) is 118 Å². The largest absolute Gasteiger partial charge is 0.455 e. The maximum absolute atomic E-state index is 13.2. The number of nitrogens with zero attached hydrogens (tertiary/aromatic N) is 3. The predicted octanol–water partition coefficient (Wildman–Crippen LogP) is 3.32. The normalized spacial score (nSPS) is 10.5. The van der Waals surface area contributed by atoms with Gasteiger partial charge in [0.1, 0.15) is 35.1 Å². The van der Waals surface area contributed by atoms with Crippen molar-refractivity contribution < 1.29 is 4.42 Å². The molecule has 28 heavy (non-hydrogen) atoms. The van der Waals surface area contributed by atoms with Crippen LogP contribution in [0, 0.1) is 11.3 Å². The number of anilines is 2. The van der Waals surface area contributed by atoms with Crippen molar-refractivity contribution in [1.29, 1.82) is 5.26 Å². The number of nitrogens with two attached hydrogens (primary N) is 1. The van der Waals surface area contributed by atoms with Gasteiger partial charge in [-0.25, -0.2) is 9.97 Å². The molecule has 0 aliphatic carbocycles. The van der Waals surface area contributed by atoms with E-state index in [0.717, 1.165) is 5.56 Å². The van der Waals surface area contributed by atoms with Gasteiger partial charge in [0.05, 0.1) is 17.1 Å². The Bertz CT molecular complexity index is 1260. The number of nitrogens with one attached hydrogen (secondary N) is 1. The van der Waals surface area contributed by atoms with E-state index < -0.39 is 0 Å². The van der Waals surface area contributed by atoms with Gasteiger partial charge in [0.15, 0.2) is 5.43 Å². The van der Waals surface area contributed by atoms with Crippen LogP contribution in [0.2, 0.25) is 0 Å². The molecule has 7 heteroatoms. The highest BCUT2D eigenvalue weighted by Gasteiger charge is 2.17. The molecule has 0 saturated carbocycles. The van der Waals surface area contributed by atoms with Gasteiger partial charge in [-0.15, -0.1) is 0 Å². The summed E-state index contributed by atoms with van der Waals surface area (Å²) >= 11 is 0. The average Bonchev–Trinajstić information content (AvgIpc) is 2.74. The van der Waals surface area contributed by atoms with Gasteiger partial charge in [-0.1, -0.05) is 30.3 Å². The standard InChI is InChI=1S/C21H15N5O2/c22-9-14-10-24-12-26-21(14)25-11-17-19(27)16-8-15(23)6-7-18(16)28-20(17)13-4-2-1-3-5-13/h1-8,10,12H,11,23H2,(H,24,25,26). The minimum atomic E-state index is -0.188. The lowest BCUT2D eigenvalue weighted by Crippen LogP contribution is -2.16. The molecule has 0 fully saturated rings. The second kappa shape index (κ2) is 7.21. The molecule has 3 N–H and O–H groups in total. The molecule has 0 saturated heterocycles. The van der Waals surface area contributed by atoms with Crippen LogP contribution in [0.3, 0.4) is 0 Å². The molecule has 0 bridgehead atoms. The van der Waals surface area contributed by atoms with Crippen LogP contribution in [0.15, 0.2) is 70.3 Å². The molecule has 0 atom stereocenters. The van der Waals surface area contributed by atoms with Gasteiger partial charge in [0.25, 0.3) is 0 Å². The van der Waals surface area contributed by atoms with Gasteiger partial charge < -0.3 is 15.5 Å². The van der Waals surface area contributed by atoms with Crippen molar-refractivity contribution in [2.45, 2.75) is 6.54 Å². The number of rotatable bonds is 4. The van der Waals surface area contributed by atoms with Crippen LogP contribution in [0.4, 0.5) is 11.5 Å². The molecule has 2 heterocycles. The number of nitriles is 1. The molecule has 4 aromatic rings. The van der Waals surface area contributed by atoms with Gasteiger partial charge >= 0.3 is 0 Å². The fourth-order valence-electron chi connectivity index (χ4n) is 2.96. The lowest BCUT2D eigenvalue weighted by Gasteiger charge is -2.12. The van der Waals surface area contributed by atoms with Crippen LogP contribution < -0.4 is 16.5 Å². The second-order valence-corrected chi connectivity index (χ2v) is 6.11. The third kappa shape index (κ3) is 3.15. The average molecular weight is 369 g/mol. The quantitative estimate of drug-likeness (QED) is 0.530. The van der Waals surface area contributed by atoms with E-state index >= 15 is 0 Å². The van der Waals surface area contributed by atoms with E-state index in [-0.39, 0.29) is 17.5 Å². The van der Waals surface area contributed by atoms with Gasteiger partial charge in [-0.2, -0.15) is 5.26 Å². The summed E-state index contributed by atoms with van der Waals surface area (Å²) in [5.74, 6) is 0.812. The summed E-state index contributed by atoms with van der Waals surface area (Å²) < 4.78 is 6.07. The van der Waals surface area contributed by atoms with E-state index in [2.05, 4.69) is 15.3 Å². The summed E-state index contributed by atoms with van der Waals surface area (Å²) in [7, 11) is 0. The van der Waals surface area contributed by atoms with Crippen LogP contribution in [0.5, 0.6) is 0 Å². The molecule has 0 aliphatic rings. The predicted molar refractivity (Wildman–Crippen MR) is 106 cm³/mol. The summed E-state index contributed by atoms with van der Waals surface area (Å²) in [6.07, 6.45) is 2.75. The fraction of sp³-hybridized carbons (Fsp3) is 0.0476. The number of aromatic nitrogens is 2. The Balaban J connectivity index is 1.86. The Labute approximate surface area is 160 Å². The second-order valence-electron chi connectivity index (χ2n) is 6.11. The van der Waals surface area contributed by atoms with Gasteiger partial charge in [0, 0.05) is 17.8 Å². The smallest absolute Gasteiger partial charge is 0.198 e. The Morgan fingerprint density at radius 1 is 1.18 bits per heavy atom. The van der Waals surface area contributed by atoms with Gasteiger partial charge in [-0.05, 0) is 18.2 Å². The van der Waals surface area contributed by atoms with E-state index in [4.69, 9.17) is 10.2 Å². The molecular weight excluding hydrogens is 354 g/mol. The summed E-state index contributed by atoms with van der Waals surface area (Å²) in [4.78, 5) is 21.1. The van der Waals surface area contributed by atoms with E-state index in [1.807, 2.05) is 36.4 Å². The molecule has 0 radical (unpaired) electrons. The third-order valence-electron chi connectivity index (χ3n) is 4.31. The summed E-state index contributed by atoms with van der Waals surface area (Å²) in [5.41, 5.74) is 8.09. The van der Waals surface area contributed by atoms with Crippen molar-refractivity contribution in [1.82, 2.24) is 9.97 Å². The molecule has 0 spiro atoms. The van der Waals surface area contributed by atoms with E-state index in [0.29, 0.717) is 33.8 Å². The summed E-state index contributed by atoms with van der Waals surface area (Å²) in [6, 6.07) is 16.4. The zero-order chi connectivity index (χ0) is 19.5. The van der Waals surface area contributed by atoms with Crippen LogP contribution in [0.1, 0.15) is 11.1 Å². The van der Waals surface area contributed by atoms with Crippen molar-refractivity contribution in [3.63, 3.8) is 0 Å². The number of nitrogen functional groups attached to an aromatic ring is 1. The number of fused-ring (bicyclic) bond motifs is 1. The third-order valence-corrected chi connectivity index (χ3v) is 4.31. The van der Waals surface area contributed by atoms with Crippen LogP contribution in [-0.4, -0.2) is 9.97 Å². The first kappa shape index (κ1) is 17.2. The highest BCUT2D eigenvalue weighted by molar-refractivity contribution is 5.83. The Hall–Kier alpha value is -4.18. The van der Waals surface area contributed by atoms with Crippen molar-refractivity contribution in [3.05, 3.63) is 82.4 Å². The summed E-state index contributed by atoms with van der Waals surface area (Å²) in [5, 5.41) is 12.7. The minimum absolute atomic E-state index is 0.128. The van der Waals surface area contributed by atoms with E-state index in [1.165, 1.54) is 12.5 Å². The van der Waals surface area contributed by atoms with Crippen molar-refractivity contribution in [2.24, 2.45) is 0 Å². The van der Waals surface area contributed by atoms with Crippen LogP contribution in [0.25, 0.3) is 22.3 Å².